The lowest BCUT2D eigenvalue weighted by Crippen LogP contribution is -2.34. The van der Waals surface area contributed by atoms with E-state index in [-0.39, 0.29) is 0 Å². The molecule has 5 heteroatoms. The van der Waals surface area contributed by atoms with Crippen molar-refractivity contribution >= 4 is 0 Å². The van der Waals surface area contributed by atoms with Crippen LogP contribution in [-0.2, 0) is 26.2 Å². The van der Waals surface area contributed by atoms with E-state index in [2.05, 4.69) is 73.9 Å². The summed E-state index contributed by atoms with van der Waals surface area (Å²) in [5.41, 5.74) is 2.23. The molecule has 0 fully saturated rings. The standard InChI is InChI=1S/C21H29N5/c1-2-4-6-11-24-13-15-26(19-24)17-21-9-7-8-20(22-21)16-25-14-12-23(18-25)10-5-3-1/h7-9,12-15,18-19H,1-6,10-11,16-17H2/q+2. The van der Waals surface area contributed by atoms with Gasteiger partial charge in [0, 0.05) is 0 Å². The van der Waals surface area contributed by atoms with Gasteiger partial charge in [-0.2, -0.15) is 0 Å². The molecule has 0 saturated heterocycles. The van der Waals surface area contributed by atoms with Crippen molar-refractivity contribution in [2.45, 2.75) is 64.7 Å². The van der Waals surface area contributed by atoms with Crippen molar-refractivity contribution in [3.05, 3.63) is 67.0 Å². The molecule has 5 nitrogen and oxygen atoms in total. The summed E-state index contributed by atoms with van der Waals surface area (Å²) in [5.74, 6) is 0. The Morgan fingerprint density at radius 1 is 0.692 bits per heavy atom. The molecule has 136 valence electrons. The van der Waals surface area contributed by atoms with E-state index < -0.39 is 0 Å². The maximum atomic E-state index is 4.86. The molecule has 6 bridgehead atoms. The second-order valence-corrected chi connectivity index (χ2v) is 7.39. The quantitative estimate of drug-likeness (QED) is 0.573. The molecule has 4 rings (SSSR count). The molecule has 4 heterocycles. The molecule has 1 aliphatic rings. The Labute approximate surface area is 155 Å². The summed E-state index contributed by atoms with van der Waals surface area (Å²) in [7, 11) is 0. The molecular weight excluding hydrogens is 322 g/mol. The Hall–Kier alpha value is -2.43. The summed E-state index contributed by atoms with van der Waals surface area (Å²) in [6, 6.07) is 6.35. The fourth-order valence-corrected chi connectivity index (χ4v) is 3.70. The smallest absolute Gasteiger partial charge is 0.244 e. The van der Waals surface area contributed by atoms with Crippen LogP contribution in [0.1, 0.15) is 49.9 Å². The number of rotatable bonds is 0. The molecule has 0 atom stereocenters. The molecule has 1 aliphatic heterocycles. The summed E-state index contributed by atoms with van der Waals surface area (Å²) in [6.07, 6.45) is 21.0. The van der Waals surface area contributed by atoms with Crippen LogP contribution in [-0.4, -0.2) is 14.1 Å². The fraction of sp³-hybridized carbons (Fsp3) is 0.476. The highest BCUT2D eigenvalue weighted by molar-refractivity contribution is 5.09. The van der Waals surface area contributed by atoms with Crippen molar-refractivity contribution in [3.63, 3.8) is 0 Å². The zero-order valence-electron chi connectivity index (χ0n) is 15.5. The second-order valence-electron chi connectivity index (χ2n) is 7.39. The minimum absolute atomic E-state index is 0.826. The Morgan fingerprint density at radius 2 is 1.19 bits per heavy atom. The maximum Gasteiger partial charge on any atom is 0.244 e. The molecule has 0 radical (unpaired) electrons. The van der Waals surface area contributed by atoms with E-state index in [4.69, 9.17) is 4.98 Å². The van der Waals surface area contributed by atoms with Crippen LogP contribution in [0, 0.1) is 0 Å². The lowest BCUT2D eigenvalue weighted by Gasteiger charge is -2.01. The number of nitrogens with zero attached hydrogens (tertiary/aromatic N) is 5. The molecule has 26 heavy (non-hydrogen) atoms. The van der Waals surface area contributed by atoms with Gasteiger partial charge in [-0.1, -0.05) is 18.9 Å². The van der Waals surface area contributed by atoms with Crippen molar-refractivity contribution in [3.8, 4) is 0 Å². The molecule has 0 unspecified atom stereocenters. The molecule has 0 saturated carbocycles. The van der Waals surface area contributed by atoms with Crippen LogP contribution in [0.15, 0.2) is 55.6 Å². The van der Waals surface area contributed by atoms with Crippen LogP contribution in [0.4, 0.5) is 0 Å². The van der Waals surface area contributed by atoms with Gasteiger partial charge in [0.15, 0.2) is 0 Å². The van der Waals surface area contributed by atoms with Crippen molar-refractivity contribution < 1.29 is 9.13 Å². The van der Waals surface area contributed by atoms with Crippen LogP contribution in [0.3, 0.4) is 0 Å². The zero-order chi connectivity index (χ0) is 17.6. The molecule has 3 aromatic rings. The summed E-state index contributed by atoms with van der Waals surface area (Å²) in [6.45, 7) is 3.88. The number of aryl methyl sites for hydroxylation is 2. The highest BCUT2D eigenvalue weighted by Crippen LogP contribution is 2.08. The van der Waals surface area contributed by atoms with E-state index >= 15 is 0 Å². The minimum Gasteiger partial charge on any atom is -0.250 e. The first kappa shape index (κ1) is 17.0. The third kappa shape index (κ3) is 4.59. The van der Waals surface area contributed by atoms with Crippen molar-refractivity contribution in [2.24, 2.45) is 0 Å². The first-order chi connectivity index (χ1) is 12.8. The number of fused-ring (bicyclic) bond motifs is 6. The summed E-state index contributed by atoms with van der Waals surface area (Å²) < 4.78 is 9.05. The number of hydrogen-bond acceptors (Lipinski definition) is 1. The predicted molar refractivity (Wildman–Crippen MR) is 99.4 cm³/mol. The van der Waals surface area contributed by atoms with Gasteiger partial charge in [0.05, 0.1) is 24.5 Å². The highest BCUT2D eigenvalue weighted by atomic mass is 15.1. The number of hydrogen-bond donors (Lipinski definition) is 0. The van der Waals surface area contributed by atoms with Gasteiger partial charge < -0.3 is 0 Å². The number of pyridine rings is 1. The number of imidazole rings is 2. The van der Waals surface area contributed by atoms with Crippen LogP contribution >= 0.6 is 0 Å². The van der Waals surface area contributed by atoms with E-state index in [0.717, 1.165) is 37.6 Å². The Kier molecular flexibility index (Phi) is 5.43. The SMILES string of the molecule is c1cc2nc(c1)C[n+]1ccn(c1)CCCCCCCCn1cc[n+](c1)C2. The van der Waals surface area contributed by atoms with Crippen molar-refractivity contribution in [1.29, 1.82) is 0 Å². The highest BCUT2D eigenvalue weighted by Gasteiger charge is 2.09. The van der Waals surface area contributed by atoms with E-state index in [0.29, 0.717) is 0 Å². The third-order valence-corrected chi connectivity index (χ3v) is 5.13. The largest absolute Gasteiger partial charge is 0.250 e. The van der Waals surface area contributed by atoms with Gasteiger partial charge in [-0.25, -0.2) is 23.3 Å². The van der Waals surface area contributed by atoms with Gasteiger partial charge in [0.25, 0.3) is 0 Å². The second kappa shape index (κ2) is 8.30. The average molecular weight is 351 g/mol. The van der Waals surface area contributed by atoms with Gasteiger partial charge in [-0.15, -0.1) is 0 Å². The first-order valence-electron chi connectivity index (χ1n) is 9.90. The zero-order valence-corrected chi connectivity index (χ0v) is 15.5. The number of aromatic nitrogens is 5. The van der Waals surface area contributed by atoms with Gasteiger partial charge in [-0.05, 0) is 37.8 Å². The monoisotopic (exact) mass is 351 g/mol. The fourth-order valence-electron chi connectivity index (χ4n) is 3.70. The van der Waals surface area contributed by atoms with Gasteiger partial charge in [0.2, 0.25) is 12.7 Å². The van der Waals surface area contributed by atoms with Gasteiger partial charge in [0.1, 0.15) is 37.9 Å². The normalized spacial score (nSPS) is 16.5. The van der Waals surface area contributed by atoms with E-state index in [1.54, 1.807) is 0 Å². The predicted octanol–water partition coefficient (Wildman–Crippen LogP) is 2.71. The Bertz CT molecular complexity index is 767. The first-order valence-corrected chi connectivity index (χ1v) is 9.90. The Balaban J connectivity index is 1.52. The van der Waals surface area contributed by atoms with Crippen molar-refractivity contribution in [2.75, 3.05) is 0 Å². The molecule has 0 N–H and O–H groups in total. The molecule has 0 aromatic carbocycles. The Morgan fingerprint density at radius 3 is 1.73 bits per heavy atom. The third-order valence-electron chi connectivity index (χ3n) is 5.13. The van der Waals surface area contributed by atoms with Crippen LogP contribution in [0.5, 0.6) is 0 Å². The molecular formula is C21H29N5+2. The maximum absolute atomic E-state index is 4.86. The van der Waals surface area contributed by atoms with Crippen LogP contribution in [0.2, 0.25) is 0 Å². The van der Waals surface area contributed by atoms with Crippen molar-refractivity contribution in [1.82, 2.24) is 14.1 Å². The summed E-state index contributed by atoms with van der Waals surface area (Å²) in [4.78, 5) is 4.86. The molecule has 0 spiro atoms. The average Bonchev–Trinajstić information content (AvgIpc) is 3.26. The van der Waals surface area contributed by atoms with E-state index in [1.807, 2.05) is 0 Å². The molecule has 0 amide bonds. The summed E-state index contributed by atoms with van der Waals surface area (Å²) >= 11 is 0. The van der Waals surface area contributed by atoms with Gasteiger partial charge in [-0.3, -0.25) is 0 Å². The summed E-state index contributed by atoms with van der Waals surface area (Å²) in [5, 5.41) is 0. The lowest BCUT2D eigenvalue weighted by atomic mass is 10.1. The van der Waals surface area contributed by atoms with E-state index in [9.17, 15) is 0 Å². The van der Waals surface area contributed by atoms with Gasteiger partial charge >= 0.3 is 0 Å². The van der Waals surface area contributed by atoms with E-state index in [1.165, 1.54) is 38.5 Å². The molecule has 0 aliphatic carbocycles. The van der Waals surface area contributed by atoms with Crippen LogP contribution in [0.25, 0.3) is 0 Å². The topological polar surface area (TPSA) is 30.5 Å². The van der Waals surface area contributed by atoms with Crippen LogP contribution < -0.4 is 9.13 Å². The minimum atomic E-state index is 0.826. The lowest BCUT2D eigenvalue weighted by molar-refractivity contribution is -0.689. The molecule has 3 aromatic heterocycles.